The van der Waals surface area contributed by atoms with Crippen molar-refractivity contribution < 1.29 is 0 Å². The molecule has 0 aromatic rings. The van der Waals surface area contributed by atoms with E-state index in [9.17, 15) is 0 Å². The molecule has 81 valence electrons. The number of hydrogen-bond acceptors (Lipinski definition) is 1. The van der Waals surface area contributed by atoms with Crippen LogP contribution in [0.4, 0.5) is 0 Å². The molecule has 0 aromatic heterocycles. The first kappa shape index (κ1) is 12.1. The lowest BCUT2D eigenvalue weighted by atomic mass is 9.53. The Balaban J connectivity index is 2.25. The highest BCUT2D eigenvalue weighted by Crippen LogP contribution is 2.28. The Morgan fingerprint density at radius 1 is 1.07 bits per heavy atom. The van der Waals surface area contributed by atoms with Gasteiger partial charge < -0.3 is 5.32 Å². The van der Waals surface area contributed by atoms with Crippen LogP contribution < -0.4 is 5.32 Å². The van der Waals surface area contributed by atoms with Gasteiger partial charge >= 0.3 is 0 Å². The second kappa shape index (κ2) is 6.50. The molecule has 0 spiro atoms. The Hall–Kier alpha value is 0.0249. The smallest absolute Gasteiger partial charge is 0.117 e. The summed E-state index contributed by atoms with van der Waals surface area (Å²) >= 11 is 0. The Morgan fingerprint density at radius 3 is 2.07 bits per heavy atom. The van der Waals surface area contributed by atoms with E-state index in [0.717, 1.165) is 17.7 Å². The van der Waals surface area contributed by atoms with Gasteiger partial charge in [0.05, 0.1) is 0 Å². The highest BCUT2D eigenvalue weighted by Gasteiger charge is 2.17. The molecule has 0 aromatic carbocycles. The van der Waals surface area contributed by atoms with E-state index >= 15 is 0 Å². The molecule has 14 heavy (non-hydrogen) atoms. The summed E-state index contributed by atoms with van der Waals surface area (Å²) in [7, 11) is 4.66. The maximum atomic E-state index is 3.42. The van der Waals surface area contributed by atoms with E-state index in [4.69, 9.17) is 0 Å². The van der Waals surface area contributed by atoms with Crippen LogP contribution in [0.15, 0.2) is 0 Å². The summed E-state index contributed by atoms with van der Waals surface area (Å²) in [5, 5.41) is 3.42. The van der Waals surface area contributed by atoms with Crippen molar-refractivity contribution in [2.45, 2.75) is 70.0 Å². The summed E-state index contributed by atoms with van der Waals surface area (Å²) in [6, 6.07) is 0.787. The van der Waals surface area contributed by atoms with E-state index in [2.05, 4.69) is 33.5 Å². The second-order valence-corrected chi connectivity index (χ2v) is 5.04. The van der Waals surface area contributed by atoms with Crippen LogP contribution in [0.5, 0.6) is 0 Å². The number of nitrogens with one attached hydrogen (secondary N) is 1. The highest BCUT2D eigenvalue weighted by atomic mass is 14.9. The fourth-order valence-corrected chi connectivity index (χ4v) is 2.57. The van der Waals surface area contributed by atoms with Gasteiger partial charge in [-0.3, -0.25) is 0 Å². The van der Waals surface area contributed by atoms with Gasteiger partial charge in [-0.05, 0) is 19.9 Å². The first-order valence-electron chi connectivity index (χ1n) is 6.24. The van der Waals surface area contributed by atoms with Gasteiger partial charge in [-0.25, -0.2) is 0 Å². The summed E-state index contributed by atoms with van der Waals surface area (Å²) in [5.74, 6) is 1.66. The molecule has 1 radical (unpaired) electrons. The predicted octanol–water partition coefficient (Wildman–Crippen LogP) is 3.25. The molecule has 2 heteroatoms. The quantitative estimate of drug-likeness (QED) is 0.680. The average molecular weight is 194 g/mol. The van der Waals surface area contributed by atoms with Gasteiger partial charge in [0.1, 0.15) is 7.28 Å². The van der Waals surface area contributed by atoms with Crippen LogP contribution in [0.25, 0.3) is 0 Å². The van der Waals surface area contributed by atoms with E-state index < -0.39 is 0 Å². The largest absolute Gasteiger partial charge is 0.317 e. The summed E-state index contributed by atoms with van der Waals surface area (Å²) in [5.41, 5.74) is 0. The fraction of sp³-hybridized carbons (Fsp3) is 1.00. The third-order valence-corrected chi connectivity index (χ3v) is 3.32. The number of rotatable bonds is 3. The monoisotopic (exact) mass is 194 g/mol. The molecular weight excluding hydrogens is 169 g/mol. The van der Waals surface area contributed by atoms with E-state index in [1.165, 1.54) is 38.5 Å². The van der Waals surface area contributed by atoms with Gasteiger partial charge in [-0.15, -0.1) is 0 Å². The topological polar surface area (TPSA) is 12.0 Å². The summed E-state index contributed by atoms with van der Waals surface area (Å²) in [6.07, 6.45) is 8.38. The zero-order valence-electron chi connectivity index (χ0n) is 10.1. The van der Waals surface area contributed by atoms with Crippen molar-refractivity contribution in [3.8, 4) is 0 Å². The Kier molecular flexibility index (Phi) is 5.61. The molecule has 1 fully saturated rings. The van der Waals surface area contributed by atoms with E-state index in [0.29, 0.717) is 0 Å². The van der Waals surface area contributed by atoms with Crippen molar-refractivity contribution in [3.05, 3.63) is 0 Å². The standard InChI is InChI=1S/C12H25BN/c1-10(2)13-11-6-4-8-12(14-3)9-5-7-11/h10-12,14H,4-9H2,1-3H3. The van der Waals surface area contributed by atoms with Crippen LogP contribution in [-0.4, -0.2) is 20.4 Å². The predicted molar refractivity (Wildman–Crippen MR) is 65.2 cm³/mol. The first-order valence-corrected chi connectivity index (χ1v) is 6.24. The van der Waals surface area contributed by atoms with Crippen molar-refractivity contribution in [3.63, 3.8) is 0 Å². The van der Waals surface area contributed by atoms with Gasteiger partial charge in [-0.2, -0.15) is 0 Å². The van der Waals surface area contributed by atoms with Crippen molar-refractivity contribution >= 4 is 7.28 Å². The lowest BCUT2D eigenvalue weighted by molar-refractivity contribution is 0.409. The zero-order chi connectivity index (χ0) is 10.4. The number of hydrogen-bond donors (Lipinski definition) is 1. The van der Waals surface area contributed by atoms with Crippen LogP contribution in [-0.2, 0) is 0 Å². The molecule has 1 aliphatic carbocycles. The molecule has 1 nitrogen and oxygen atoms in total. The van der Waals surface area contributed by atoms with Crippen LogP contribution in [0.2, 0.25) is 11.6 Å². The maximum absolute atomic E-state index is 3.42. The molecule has 1 saturated carbocycles. The third-order valence-electron chi connectivity index (χ3n) is 3.32. The van der Waals surface area contributed by atoms with Crippen molar-refractivity contribution in [1.82, 2.24) is 5.32 Å². The Labute approximate surface area is 90.3 Å². The molecule has 1 aliphatic rings. The van der Waals surface area contributed by atoms with E-state index in [1.807, 2.05) is 0 Å². The fourth-order valence-electron chi connectivity index (χ4n) is 2.57. The average Bonchev–Trinajstić information content (AvgIpc) is 2.08. The van der Waals surface area contributed by atoms with E-state index in [1.54, 1.807) is 0 Å². The molecule has 0 amide bonds. The molecule has 1 rings (SSSR count). The molecule has 0 aliphatic heterocycles. The Bertz CT molecular complexity index is 137. The van der Waals surface area contributed by atoms with Crippen molar-refractivity contribution in [2.75, 3.05) is 7.05 Å². The van der Waals surface area contributed by atoms with Crippen LogP contribution >= 0.6 is 0 Å². The van der Waals surface area contributed by atoms with Gasteiger partial charge in [0.25, 0.3) is 0 Å². The van der Waals surface area contributed by atoms with Crippen molar-refractivity contribution in [2.24, 2.45) is 0 Å². The molecule has 0 unspecified atom stereocenters. The van der Waals surface area contributed by atoms with E-state index in [-0.39, 0.29) is 0 Å². The minimum Gasteiger partial charge on any atom is -0.317 e. The SMILES string of the molecule is CNC1CCCC([B]C(C)C)CCC1. The van der Waals surface area contributed by atoms with Gasteiger partial charge in [0.2, 0.25) is 0 Å². The first-order chi connectivity index (χ1) is 6.72. The molecule has 0 heterocycles. The van der Waals surface area contributed by atoms with Crippen LogP contribution in [0.3, 0.4) is 0 Å². The minimum absolute atomic E-state index is 0.763. The van der Waals surface area contributed by atoms with Crippen LogP contribution in [0.1, 0.15) is 52.4 Å². The second-order valence-electron chi connectivity index (χ2n) is 5.04. The van der Waals surface area contributed by atoms with Gasteiger partial charge in [0.15, 0.2) is 0 Å². The summed E-state index contributed by atoms with van der Waals surface area (Å²) < 4.78 is 0. The molecular formula is C12H25BN. The summed E-state index contributed by atoms with van der Waals surface area (Å²) in [6.45, 7) is 4.60. The molecule has 0 atom stereocenters. The lowest BCUT2D eigenvalue weighted by Gasteiger charge is -2.24. The van der Waals surface area contributed by atoms with Crippen molar-refractivity contribution in [1.29, 1.82) is 0 Å². The zero-order valence-corrected chi connectivity index (χ0v) is 10.1. The van der Waals surface area contributed by atoms with Gasteiger partial charge in [-0.1, -0.05) is 51.2 Å². The van der Waals surface area contributed by atoms with Gasteiger partial charge in [0, 0.05) is 6.04 Å². The molecule has 0 bridgehead atoms. The summed E-state index contributed by atoms with van der Waals surface area (Å²) in [4.78, 5) is 0. The minimum atomic E-state index is 0.763. The maximum Gasteiger partial charge on any atom is 0.117 e. The molecule has 1 N–H and O–H groups in total. The third kappa shape index (κ3) is 4.50. The lowest BCUT2D eigenvalue weighted by Crippen LogP contribution is -2.26. The Morgan fingerprint density at radius 2 is 1.64 bits per heavy atom. The molecule has 0 saturated heterocycles. The normalized spacial score (nSPS) is 29.7. The highest BCUT2D eigenvalue weighted by molar-refractivity contribution is 6.39. The van der Waals surface area contributed by atoms with Crippen LogP contribution in [0, 0.1) is 0 Å².